The minimum atomic E-state index is -0.188. The summed E-state index contributed by atoms with van der Waals surface area (Å²) in [4.78, 5) is 13.3. The fourth-order valence-corrected chi connectivity index (χ4v) is 2.64. The number of carbonyl (C=O) groups excluding carboxylic acids is 1. The maximum Gasteiger partial charge on any atom is 0.221 e. The van der Waals surface area contributed by atoms with Gasteiger partial charge in [-0.15, -0.1) is 12.4 Å². The molecule has 0 aromatic heterocycles. The summed E-state index contributed by atoms with van der Waals surface area (Å²) in [5.41, 5.74) is 1.36. The molecular formula is C14H19Cl2NO. The van der Waals surface area contributed by atoms with Crippen molar-refractivity contribution in [2.75, 3.05) is 13.1 Å². The van der Waals surface area contributed by atoms with Crippen LogP contribution in [0.2, 0.25) is 0 Å². The van der Waals surface area contributed by atoms with Gasteiger partial charge in [0.15, 0.2) is 0 Å². The summed E-state index contributed by atoms with van der Waals surface area (Å²) in [5, 5.41) is -0.188. The number of carbonyl (C=O) groups is 1. The van der Waals surface area contributed by atoms with Crippen LogP contribution < -0.4 is 0 Å². The van der Waals surface area contributed by atoms with Gasteiger partial charge in [-0.1, -0.05) is 30.3 Å². The van der Waals surface area contributed by atoms with Gasteiger partial charge in [0.05, 0.1) is 0 Å². The number of rotatable bonds is 4. The summed E-state index contributed by atoms with van der Waals surface area (Å²) in [7, 11) is 0. The van der Waals surface area contributed by atoms with Crippen LogP contribution in [-0.2, 0) is 11.3 Å². The third-order valence-electron chi connectivity index (χ3n) is 3.41. The molecule has 0 aliphatic carbocycles. The smallest absolute Gasteiger partial charge is 0.221 e. The zero-order valence-electron chi connectivity index (χ0n) is 10.3. The second-order valence-electron chi connectivity index (χ2n) is 4.76. The van der Waals surface area contributed by atoms with Gasteiger partial charge in [0.25, 0.3) is 0 Å². The second kappa shape index (κ2) is 7.78. The van der Waals surface area contributed by atoms with E-state index >= 15 is 0 Å². The first kappa shape index (κ1) is 15.5. The molecule has 1 aromatic carbocycles. The summed E-state index contributed by atoms with van der Waals surface area (Å²) in [5.74, 6) is 0.493. The van der Waals surface area contributed by atoms with E-state index in [2.05, 4.69) is 29.2 Å². The maximum absolute atomic E-state index is 10.8. The Kier molecular flexibility index (Phi) is 6.69. The van der Waals surface area contributed by atoms with Gasteiger partial charge in [-0.3, -0.25) is 9.69 Å². The lowest BCUT2D eigenvalue weighted by Gasteiger charge is -2.31. The van der Waals surface area contributed by atoms with Crippen LogP contribution in [0.4, 0.5) is 0 Å². The number of hydrogen-bond acceptors (Lipinski definition) is 2. The van der Waals surface area contributed by atoms with E-state index in [0.29, 0.717) is 12.3 Å². The van der Waals surface area contributed by atoms with Gasteiger partial charge >= 0.3 is 0 Å². The predicted molar refractivity (Wildman–Crippen MR) is 77.2 cm³/mol. The number of hydrogen-bond donors (Lipinski definition) is 0. The molecule has 0 N–H and O–H groups in total. The quantitative estimate of drug-likeness (QED) is 0.791. The fraction of sp³-hybridized carbons (Fsp3) is 0.500. The zero-order chi connectivity index (χ0) is 12.1. The Morgan fingerprint density at radius 2 is 1.83 bits per heavy atom. The minimum absolute atomic E-state index is 0. The average Bonchev–Trinajstić information content (AvgIpc) is 2.32. The summed E-state index contributed by atoms with van der Waals surface area (Å²) in [6, 6.07) is 10.5. The molecule has 0 radical (unpaired) electrons. The van der Waals surface area contributed by atoms with E-state index in [9.17, 15) is 4.79 Å². The fourth-order valence-electron chi connectivity index (χ4n) is 2.42. The van der Waals surface area contributed by atoms with E-state index < -0.39 is 0 Å². The van der Waals surface area contributed by atoms with Crippen LogP contribution in [0.25, 0.3) is 0 Å². The predicted octanol–water partition coefficient (Wildman–Crippen LogP) is 3.48. The van der Waals surface area contributed by atoms with E-state index in [4.69, 9.17) is 11.6 Å². The monoisotopic (exact) mass is 287 g/mol. The Morgan fingerprint density at radius 1 is 1.22 bits per heavy atom. The number of nitrogens with zero attached hydrogens (tertiary/aromatic N) is 1. The third kappa shape index (κ3) is 4.97. The molecule has 1 aromatic rings. The van der Waals surface area contributed by atoms with Crippen molar-refractivity contribution in [3.05, 3.63) is 35.9 Å². The van der Waals surface area contributed by atoms with E-state index in [1.165, 1.54) is 5.56 Å². The van der Waals surface area contributed by atoms with Crippen molar-refractivity contribution in [1.82, 2.24) is 4.90 Å². The molecule has 1 aliphatic rings. The topological polar surface area (TPSA) is 20.3 Å². The Balaban J connectivity index is 0.00000162. The summed E-state index contributed by atoms with van der Waals surface area (Å²) in [6.07, 6.45) is 2.72. The van der Waals surface area contributed by atoms with E-state index in [1.807, 2.05) is 6.07 Å². The van der Waals surface area contributed by atoms with Crippen LogP contribution in [0.15, 0.2) is 30.3 Å². The molecule has 2 rings (SSSR count). The Hall–Kier alpha value is -0.570. The Morgan fingerprint density at radius 3 is 2.39 bits per heavy atom. The molecule has 100 valence electrons. The molecule has 2 nitrogen and oxygen atoms in total. The first-order valence-electron chi connectivity index (χ1n) is 6.18. The molecule has 0 saturated carbocycles. The van der Waals surface area contributed by atoms with Gasteiger partial charge in [0.1, 0.15) is 0 Å². The van der Waals surface area contributed by atoms with Crippen LogP contribution in [0.1, 0.15) is 24.8 Å². The van der Waals surface area contributed by atoms with Crippen molar-refractivity contribution in [2.45, 2.75) is 25.8 Å². The largest absolute Gasteiger partial charge is 0.299 e. The number of halogens is 2. The second-order valence-corrected chi connectivity index (χ2v) is 5.19. The highest BCUT2D eigenvalue weighted by molar-refractivity contribution is 6.63. The SMILES string of the molecule is Cl.O=C(Cl)CC1CCN(Cc2ccccc2)CC1. The molecule has 1 fully saturated rings. The maximum atomic E-state index is 10.8. The molecule has 0 unspecified atom stereocenters. The number of likely N-dealkylation sites (tertiary alicyclic amines) is 1. The van der Waals surface area contributed by atoms with Gasteiger partial charge in [-0.2, -0.15) is 0 Å². The molecule has 0 spiro atoms. The first-order valence-corrected chi connectivity index (χ1v) is 6.56. The van der Waals surface area contributed by atoms with Crippen LogP contribution >= 0.6 is 24.0 Å². The highest BCUT2D eigenvalue weighted by atomic mass is 35.5. The Labute approximate surface area is 120 Å². The van der Waals surface area contributed by atoms with Gasteiger partial charge < -0.3 is 0 Å². The molecule has 1 aliphatic heterocycles. The highest BCUT2D eigenvalue weighted by Crippen LogP contribution is 2.22. The first-order chi connectivity index (χ1) is 8.24. The summed E-state index contributed by atoms with van der Waals surface area (Å²) in [6.45, 7) is 3.16. The van der Waals surface area contributed by atoms with Crippen LogP contribution in [0, 0.1) is 5.92 Å². The Bertz CT molecular complexity index is 361. The van der Waals surface area contributed by atoms with E-state index in [0.717, 1.165) is 32.5 Å². The van der Waals surface area contributed by atoms with E-state index in [1.54, 1.807) is 0 Å². The standard InChI is InChI=1S/C14H18ClNO.ClH/c15-14(17)10-12-6-8-16(9-7-12)11-13-4-2-1-3-5-13;/h1-5,12H,6-11H2;1H. The van der Waals surface area contributed by atoms with Gasteiger partial charge in [-0.05, 0) is 49.0 Å². The molecule has 1 saturated heterocycles. The molecular weight excluding hydrogens is 269 g/mol. The van der Waals surface area contributed by atoms with Crippen LogP contribution in [0.3, 0.4) is 0 Å². The van der Waals surface area contributed by atoms with Crippen molar-refractivity contribution in [1.29, 1.82) is 0 Å². The average molecular weight is 288 g/mol. The molecule has 1 heterocycles. The number of benzene rings is 1. The van der Waals surface area contributed by atoms with Crippen molar-refractivity contribution in [3.63, 3.8) is 0 Å². The summed E-state index contributed by atoms with van der Waals surface area (Å²) < 4.78 is 0. The molecule has 4 heteroatoms. The lowest BCUT2D eigenvalue weighted by atomic mass is 9.94. The third-order valence-corrected chi connectivity index (χ3v) is 3.56. The molecule has 0 bridgehead atoms. The van der Waals surface area contributed by atoms with Gasteiger partial charge in [-0.25, -0.2) is 0 Å². The van der Waals surface area contributed by atoms with Crippen molar-refractivity contribution in [3.8, 4) is 0 Å². The zero-order valence-corrected chi connectivity index (χ0v) is 11.9. The minimum Gasteiger partial charge on any atom is -0.299 e. The van der Waals surface area contributed by atoms with Crippen molar-refractivity contribution >= 4 is 29.3 Å². The van der Waals surface area contributed by atoms with E-state index in [-0.39, 0.29) is 17.6 Å². The lowest BCUT2D eigenvalue weighted by molar-refractivity contribution is -0.112. The molecule has 18 heavy (non-hydrogen) atoms. The normalized spacial score (nSPS) is 17.2. The van der Waals surface area contributed by atoms with Crippen molar-refractivity contribution < 1.29 is 4.79 Å². The van der Waals surface area contributed by atoms with Crippen LogP contribution in [-0.4, -0.2) is 23.2 Å². The summed E-state index contributed by atoms with van der Waals surface area (Å²) >= 11 is 5.42. The van der Waals surface area contributed by atoms with Crippen molar-refractivity contribution in [2.24, 2.45) is 5.92 Å². The molecule has 0 atom stereocenters. The highest BCUT2D eigenvalue weighted by Gasteiger charge is 2.20. The van der Waals surface area contributed by atoms with Gasteiger partial charge in [0, 0.05) is 13.0 Å². The molecule has 0 amide bonds. The van der Waals surface area contributed by atoms with Gasteiger partial charge in [0.2, 0.25) is 5.24 Å². The van der Waals surface area contributed by atoms with Crippen LogP contribution in [0.5, 0.6) is 0 Å². The lowest BCUT2D eigenvalue weighted by Crippen LogP contribution is -2.33. The number of piperidine rings is 1.